The first-order chi connectivity index (χ1) is 16.2. The van der Waals surface area contributed by atoms with E-state index in [0.717, 1.165) is 29.1 Å². The summed E-state index contributed by atoms with van der Waals surface area (Å²) in [6.45, 7) is 2.96. The van der Waals surface area contributed by atoms with Crippen molar-refractivity contribution in [3.63, 3.8) is 0 Å². The molecule has 2 heterocycles. The van der Waals surface area contributed by atoms with Crippen LogP contribution >= 0.6 is 11.6 Å². The van der Waals surface area contributed by atoms with E-state index in [1.807, 2.05) is 53.4 Å². The molecular formula is C28H25ClN2O2. The predicted octanol–water partition coefficient (Wildman–Crippen LogP) is 6.03. The summed E-state index contributed by atoms with van der Waals surface area (Å²) in [6.07, 6.45) is 3.37. The summed E-state index contributed by atoms with van der Waals surface area (Å²) in [5, 5.41) is 1.77. The number of carbonyl (C=O) groups excluding carboxylic acids is 1. The standard InChI is InChI=1S/C28H25ClN2O2/c29-24-12-10-22(11-13-24)28(21-6-2-1-3-7-21)31-18-16-30(17-19-31)27(32)15-14-25-20-23-8-4-5-9-26(23)33-25/h1-15,20,28H,16-19H2/b15-14+. The van der Waals surface area contributed by atoms with Crippen LogP contribution in [0.2, 0.25) is 5.02 Å². The van der Waals surface area contributed by atoms with Gasteiger partial charge in [0.1, 0.15) is 11.3 Å². The molecule has 5 heteroatoms. The lowest BCUT2D eigenvalue weighted by molar-refractivity contribution is -0.127. The number of benzene rings is 3. The number of carbonyl (C=O) groups is 1. The molecule has 1 unspecified atom stereocenters. The fraction of sp³-hybridized carbons (Fsp3) is 0.179. The quantitative estimate of drug-likeness (QED) is 0.344. The zero-order chi connectivity index (χ0) is 22.6. The number of halogens is 1. The second-order valence-corrected chi connectivity index (χ2v) is 8.68. The molecule has 1 aromatic heterocycles. The average Bonchev–Trinajstić information content (AvgIpc) is 3.28. The first-order valence-corrected chi connectivity index (χ1v) is 11.6. The summed E-state index contributed by atoms with van der Waals surface area (Å²) in [6, 6.07) is 28.5. The minimum atomic E-state index is 0.0119. The van der Waals surface area contributed by atoms with Crippen LogP contribution in [0.15, 0.2) is 95.4 Å². The molecule has 1 aliphatic heterocycles. The van der Waals surface area contributed by atoms with Crippen molar-refractivity contribution in [1.82, 2.24) is 9.80 Å². The van der Waals surface area contributed by atoms with Crippen LogP contribution in [0.25, 0.3) is 17.0 Å². The van der Waals surface area contributed by atoms with E-state index in [2.05, 4.69) is 41.3 Å². The highest BCUT2D eigenvalue weighted by Crippen LogP contribution is 2.30. The molecule has 0 aliphatic carbocycles. The summed E-state index contributed by atoms with van der Waals surface area (Å²) in [5.41, 5.74) is 3.27. The van der Waals surface area contributed by atoms with E-state index in [9.17, 15) is 4.79 Å². The van der Waals surface area contributed by atoms with Crippen LogP contribution in [0.1, 0.15) is 22.9 Å². The number of rotatable bonds is 5. The van der Waals surface area contributed by atoms with E-state index in [1.165, 1.54) is 11.1 Å². The summed E-state index contributed by atoms with van der Waals surface area (Å²) in [5.74, 6) is 0.702. The van der Waals surface area contributed by atoms with Gasteiger partial charge in [-0.3, -0.25) is 9.69 Å². The van der Waals surface area contributed by atoms with Gasteiger partial charge in [0, 0.05) is 42.7 Å². The lowest BCUT2D eigenvalue weighted by atomic mass is 9.96. The zero-order valence-corrected chi connectivity index (χ0v) is 19.0. The molecule has 0 radical (unpaired) electrons. The van der Waals surface area contributed by atoms with Crippen LogP contribution in [0, 0.1) is 0 Å². The van der Waals surface area contributed by atoms with Crippen LogP contribution in [0.5, 0.6) is 0 Å². The molecule has 1 amide bonds. The van der Waals surface area contributed by atoms with Gasteiger partial charge in [0.2, 0.25) is 5.91 Å². The third-order valence-corrected chi connectivity index (χ3v) is 6.38. The Kier molecular flexibility index (Phi) is 6.29. The first-order valence-electron chi connectivity index (χ1n) is 11.2. The minimum Gasteiger partial charge on any atom is -0.457 e. The molecule has 0 spiro atoms. The average molecular weight is 457 g/mol. The number of hydrogen-bond acceptors (Lipinski definition) is 3. The number of hydrogen-bond donors (Lipinski definition) is 0. The maximum Gasteiger partial charge on any atom is 0.246 e. The third-order valence-electron chi connectivity index (χ3n) is 6.13. The largest absolute Gasteiger partial charge is 0.457 e. The highest BCUT2D eigenvalue weighted by Gasteiger charge is 2.27. The number of amides is 1. The molecule has 33 heavy (non-hydrogen) atoms. The highest BCUT2D eigenvalue weighted by atomic mass is 35.5. The second kappa shape index (κ2) is 9.65. The maximum atomic E-state index is 12.8. The van der Waals surface area contributed by atoms with Crippen LogP contribution in [0.3, 0.4) is 0 Å². The summed E-state index contributed by atoms with van der Waals surface area (Å²) < 4.78 is 5.79. The van der Waals surface area contributed by atoms with Gasteiger partial charge in [-0.05, 0) is 41.5 Å². The van der Waals surface area contributed by atoms with Crippen molar-refractivity contribution in [3.8, 4) is 0 Å². The maximum absolute atomic E-state index is 12.8. The van der Waals surface area contributed by atoms with Gasteiger partial charge in [-0.2, -0.15) is 0 Å². The molecule has 5 rings (SSSR count). The van der Waals surface area contributed by atoms with Crippen LogP contribution in [0.4, 0.5) is 0 Å². The van der Waals surface area contributed by atoms with Gasteiger partial charge >= 0.3 is 0 Å². The van der Waals surface area contributed by atoms with Crippen molar-refractivity contribution in [3.05, 3.63) is 113 Å². The molecule has 1 saturated heterocycles. The van der Waals surface area contributed by atoms with Crippen molar-refractivity contribution in [2.45, 2.75) is 6.04 Å². The monoisotopic (exact) mass is 456 g/mol. The molecule has 0 saturated carbocycles. The Hall–Kier alpha value is -3.34. The Morgan fingerprint density at radius 1 is 0.848 bits per heavy atom. The normalized spacial score (nSPS) is 15.8. The molecule has 1 fully saturated rings. The van der Waals surface area contributed by atoms with Gasteiger partial charge in [0.15, 0.2) is 0 Å². The van der Waals surface area contributed by atoms with E-state index >= 15 is 0 Å². The minimum absolute atomic E-state index is 0.0119. The summed E-state index contributed by atoms with van der Waals surface area (Å²) in [7, 11) is 0. The molecule has 4 nitrogen and oxygen atoms in total. The van der Waals surface area contributed by atoms with Crippen molar-refractivity contribution in [2.75, 3.05) is 26.2 Å². The number of fused-ring (bicyclic) bond motifs is 1. The molecule has 3 aromatic carbocycles. The van der Waals surface area contributed by atoms with Gasteiger partial charge < -0.3 is 9.32 Å². The van der Waals surface area contributed by atoms with Gasteiger partial charge in [0.05, 0.1) is 6.04 Å². The molecule has 0 bridgehead atoms. The number of nitrogens with zero attached hydrogens (tertiary/aromatic N) is 2. The highest BCUT2D eigenvalue weighted by molar-refractivity contribution is 6.30. The Morgan fingerprint density at radius 2 is 1.52 bits per heavy atom. The SMILES string of the molecule is O=C(/C=C/c1cc2ccccc2o1)N1CCN(C(c2ccccc2)c2ccc(Cl)cc2)CC1. The first kappa shape index (κ1) is 21.5. The smallest absolute Gasteiger partial charge is 0.246 e. The number of furan rings is 1. The lowest BCUT2D eigenvalue weighted by Crippen LogP contribution is -2.49. The Bertz CT molecular complexity index is 1220. The van der Waals surface area contributed by atoms with Crippen LogP contribution in [-0.4, -0.2) is 41.9 Å². The van der Waals surface area contributed by atoms with Crippen molar-refractivity contribution < 1.29 is 9.21 Å². The second-order valence-electron chi connectivity index (χ2n) is 8.25. The molecule has 1 aliphatic rings. The summed E-state index contributed by atoms with van der Waals surface area (Å²) in [4.78, 5) is 17.1. The third kappa shape index (κ3) is 4.87. The van der Waals surface area contributed by atoms with Gasteiger partial charge in [-0.25, -0.2) is 0 Å². The van der Waals surface area contributed by atoms with E-state index in [4.69, 9.17) is 16.0 Å². The summed E-state index contributed by atoms with van der Waals surface area (Å²) >= 11 is 6.13. The van der Waals surface area contributed by atoms with Gasteiger partial charge in [-0.15, -0.1) is 0 Å². The van der Waals surface area contributed by atoms with Crippen molar-refractivity contribution in [2.24, 2.45) is 0 Å². The van der Waals surface area contributed by atoms with Gasteiger partial charge in [-0.1, -0.05) is 72.3 Å². The van der Waals surface area contributed by atoms with Crippen molar-refractivity contribution in [1.29, 1.82) is 0 Å². The van der Waals surface area contributed by atoms with E-state index in [1.54, 1.807) is 12.2 Å². The lowest BCUT2D eigenvalue weighted by Gasteiger charge is -2.39. The van der Waals surface area contributed by atoms with Crippen LogP contribution < -0.4 is 0 Å². The Balaban J connectivity index is 1.27. The van der Waals surface area contributed by atoms with Crippen LogP contribution in [-0.2, 0) is 4.79 Å². The van der Waals surface area contributed by atoms with E-state index in [-0.39, 0.29) is 11.9 Å². The van der Waals surface area contributed by atoms with Crippen molar-refractivity contribution >= 4 is 34.6 Å². The van der Waals surface area contributed by atoms with E-state index < -0.39 is 0 Å². The van der Waals surface area contributed by atoms with Gasteiger partial charge in [0.25, 0.3) is 0 Å². The molecule has 0 N–H and O–H groups in total. The Labute approximate surface area is 198 Å². The fourth-order valence-electron chi connectivity index (χ4n) is 4.44. The van der Waals surface area contributed by atoms with E-state index in [0.29, 0.717) is 18.8 Å². The zero-order valence-electron chi connectivity index (χ0n) is 18.2. The Morgan fingerprint density at radius 3 is 2.24 bits per heavy atom. The number of piperazine rings is 1. The topological polar surface area (TPSA) is 36.7 Å². The molecule has 166 valence electrons. The fourth-order valence-corrected chi connectivity index (χ4v) is 4.56. The number of para-hydroxylation sites is 1. The molecular weight excluding hydrogens is 432 g/mol. The predicted molar refractivity (Wildman–Crippen MR) is 133 cm³/mol. The molecule has 1 atom stereocenters. The molecule has 4 aromatic rings.